The van der Waals surface area contributed by atoms with Gasteiger partial charge in [0.2, 0.25) is 5.91 Å². The number of amides is 2. The molecular weight excluding hydrogens is 537 g/mol. The first kappa shape index (κ1) is 26.0. The number of nitrogens with zero attached hydrogens (tertiary/aromatic N) is 4. The summed E-state index contributed by atoms with van der Waals surface area (Å²) in [7, 11) is 3.97. The van der Waals surface area contributed by atoms with Gasteiger partial charge in [-0.25, -0.2) is 4.99 Å². The van der Waals surface area contributed by atoms with Crippen LogP contribution in [-0.4, -0.2) is 36.8 Å². The van der Waals surface area contributed by atoms with Crippen molar-refractivity contribution in [2.45, 2.75) is 9.79 Å². The Labute approximate surface area is 242 Å². The minimum atomic E-state index is -0.220. The van der Waals surface area contributed by atoms with E-state index in [9.17, 15) is 9.59 Å². The second-order valence-electron chi connectivity index (χ2n) is 9.44. The third-order valence-corrected chi connectivity index (χ3v) is 8.62. The van der Waals surface area contributed by atoms with E-state index < -0.39 is 0 Å². The number of aliphatic imine (C=N–C) groups is 1. The summed E-state index contributed by atoms with van der Waals surface area (Å²) in [6.07, 6.45) is 1.79. The predicted octanol–water partition coefficient (Wildman–Crippen LogP) is 7.06. The fraction of sp³-hybridized carbons (Fsp3) is 0.0938. The number of hydrogen-bond acceptors (Lipinski definition) is 6. The maximum atomic E-state index is 13.8. The lowest BCUT2D eigenvalue weighted by Crippen LogP contribution is -2.33. The standard InChI is InChI=1S/C32H26N4O2S2/c1-34(2)23-18-16-22(17-19-23)20-25-31(38)35(24-10-4-3-5-11-24)32(33-25)39-21-30(37)36-26-12-6-8-14-28(26)40-29-15-9-7-13-27(29)36/h3-20H,21H2,1-2H3/b25-20-. The van der Waals surface area contributed by atoms with Gasteiger partial charge in [0.05, 0.1) is 22.8 Å². The molecule has 0 bridgehead atoms. The first-order valence-corrected chi connectivity index (χ1v) is 14.6. The molecule has 4 aromatic rings. The zero-order chi connectivity index (χ0) is 27.6. The first-order chi connectivity index (χ1) is 19.5. The Morgan fingerprint density at radius 1 is 0.850 bits per heavy atom. The van der Waals surface area contributed by atoms with Crippen molar-refractivity contribution in [3.63, 3.8) is 0 Å². The van der Waals surface area contributed by atoms with Crippen molar-refractivity contribution in [3.8, 4) is 0 Å². The number of carbonyl (C=O) groups excluding carboxylic acids is 2. The quantitative estimate of drug-likeness (QED) is 0.244. The van der Waals surface area contributed by atoms with Crippen molar-refractivity contribution >= 4 is 69.3 Å². The Morgan fingerprint density at radius 3 is 2.08 bits per heavy atom. The molecule has 0 saturated carbocycles. The second-order valence-corrected chi connectivity index (χ2v) is 11.5. The van der Waals surface area contributed by atoms with E-state index in [2.05, 4.69) is 0 Å². The highest BCUT2D eigenvalue weighted by molar-refractivity contribution is 8.14. The third-order valence-electron chi connectivity index (χ3n) is 6.56. The van der Waals surface area contributed by atoms with Crippen molar-refractivity contribution in [2.24, 2.45) is 4.99 Å². The molecule has 0 spiro atoms. The summed E-state index contributed by atoms with van der Waals surface area (Å²) in [5.74, 6) is -0.180. The SMILES string of the molecule is CN(C)c1ccc(/C=C2\N=C(SCC(=O)N3c4ccccc4Sc4ccccc43)N(c3ccccc3)C2=O)cc1. The molecule has 0 fully saturated rings. The van der Waals surface area contributed by atoms with E-state index in [0.717, 1.165) is 32.4 Å². The van der Waals surface area contributed by atoms with Crippen LogP contribution >= 0.6 is 23.5 Å². The fourth-order valence-electron chi connectivity index (χ4n) is 4.59. The molecule has 0 atom stereocenters. The molecule has 198 valence electrons. The zero-order valence-electron chi connectivity index (χ0n) is 22.0. The highest BCUT2D eigenvalue weighted by atomic mass is 32.2. The molecule has 0 aromatic heterocycles. The van der Waals surface area contributed by atoms with Gasteiger partial charge in [0.15, 0.2) is 5.17 Å². The van der Waals surface area contributed by atoms with Gasteiger partial charge in [-0.3, -0.25) is 19.4 Å². The van der Waals surface area contributed by atoms with E-state index in [1.165, 1.54) is 11.8 Å². The summed E-state index contributed by atoms with van der Waals surface area (Å²) in [5.41, 5.74) is 4.73. The van der Waals surface area contributed by atoms with Gasteiger partial charge in [0, 0.05) is 29.6 Å². The summed E-state index contributed by atoms with van der Waals surface area (Å²) in [6, 6.07) is 33.2. The normalized spacial score (nSPS) is 15.1. The van der Waals surface area contributed by atoms with Crippen LogP contribution in [0.3, 0.4) is 0 Å². The molecule has 0 N–H and O–H groups in total. The van der Waals surface area contributed by atoms with E-state index in [-0.39, 0.29) is 17.6 Å². The molecule has 0 unspecified atom stereocenters. The third kappa shape index (κ3) is 5.03. The molecule has 2 aliphatic rings. The molecule has 2 aliphatic heterocycles. The maximum absolute atomic E-state index is 13.8. The van der Waals surface area contributed by atoms with Gasteiger partial charge in [-0.15, -0.1) is 0 Å². The molecule has 4 aromatic carbocycles. The average Bonchev–Trinajstić information content (AvgIpc) is 3.29. The summed E-state index contributed by atoms with van der Waals surface area (Å²) in [6.45, 7) is 0. The molecule has 6 nitrogen and oxygen atoms in total. The smallest absolute Gasteiger partial charge is 0.283 e. The summed E-state index contributed by atoms with van der Waals surface area (Å²) in [5, 5.41) is 0.480. The van der Waals surface area contributed by atoms with Crippen molar-refractivity contribution < 1.29 is 9.59 Å². The highest BCUT2D eigenvalue weighted by Crippen LogP contribution is 2.48. The fourth-order valence-corrected chi connectivity index (χ4v) is 6.51. The van der Waals surface area contributed by atoms with Crippen LogP contribution in [0, 0.1) is 0 Å². The minimum Gasteiger partial charge on any atom is -0.378 e. The van der Waals surface area contributed by atoms with E-state index in [1.807, 2.05) is 122 Å². The Kier molecular flexibility index (Phi) is 7.19. The largest absolute Gasteiger partial charge is 0.378 e. The Balaban J connectivity index is 1.30. The van der Waals surface area contributed by atoms with Crippen molar-refractivity contribution in [1.82, 2.24) is 0 Å². The molecule has 8 heteroatoms. The lowest BCUT2D eigenvalue weighted by Gasteiger charge is -2.31. The number of thioether (sulfide) groups is 1. The second kappa shape index (κ2) is 11.1. The summed E-state index contributed by atoms with van der Waals surface area (Å²) in [4.78, 5) is 39.5. The molecule has 6 rings (SSSR count). The van der Waals surface area contributed by atoms with Crippen LogP contribution in [0.4, 0.5) is 22.7 Å². The molecule has 0 aliphatic carbocycles. The van der Waals surface area contributed by atoms with Gasteiger partial charge < -0.3 is 4.90 Å². The number of fused-ring (bicyclic) bond motifs is 2. The lowest BCUT2D eigenvalue weighted by atomic mass is 10.1. The Bertz CT molecular complexity index is 1600. The minimum absolute atomic E-state index is 0.0786. The number of anilines is 4. The maximum Gasteiger partial charge on any atom is 0.283 e. The van der Waals surface area contributed by atoms with Crippen LogP contribution in [0.5, 0.6) is 0 Å². The Morgan fingerprint density at radius 2 is 1.45 bits per heavy atom. The van der Waals surface area contributed by atoms with E-state index in [1.54, 1.807) is 27.6 Å². The topological polar surface area (TPSA) is 56.2 Å². The average molecular weight is 563 g/mol. The van der Waals surface area contributed by atoms with Crippen LogP contribution in [-0.2, 0) is 9.59 Å². The summed E-state index contributed by atoms with van der Waals surface area (Å²) < 4.78 is 0. The predicted molar refractivity (Wildman–Crippen MR) is 167 cm³/mol. The molecule has 0 radical (unpaired) electrons. The molecule has 0 saturated heterocycles. The van der Waals surface area contributed by atoms with Crippen LogP contribution in [0.1, 0.15) is 5.56 Å². The number of benzene rings is 4. The van der Waals surface area contributed by atoms with Gasteiger partial charge in [-0.2, -0.15) is 0 Å². The van der Waals surface area contributed by atoms with Gasteiger partial charge in [0.1, 0.15) is 5.70 Å². The molecule has 2 heterocycles. The number of carbonyl (C=O) groups is 2. The number of rotatable bonds is 5. The van der Waals surface area contributed by atoms with Crippen LogP contribution in [0.2, 0.25) is 0 Å². The van der Waals surface area contributed by atoms with Crippen molar-refractivity contribution in [2.75, 3.05) is 34.5 Å². The lowest BCUT2D eigenvalue weighted by molar-refractivity contribution is -0.115. The van der Waals surface area contributed by atoms with E-state index >= 15 is 0 Å². The van der Waals surface area contributed by atoms with Gasteiger partial charge >= 0.3 is 0 Å². The van der Waals surface area contributed by atoms with Gasteiger partial charge in [-0.05, 0) is 60.2 Å². The monoisotopic (exact) mass is 562 g/mol. The van der Waals surface area contributed by atoms with Crippen molar-refractivity contribution in [1.29, 1.82) is 0 Å². The van der Waals surface area contributed by atoms with E-state index in [4.69, 9.17) is 4.99 Å². The number of amidine groups is 1. The summed E-state index contributed by atoms with van der Waals surface area (Å²) >= 11 is 2.93. The highest BCUT2D eigenvalue weighted by Gasteiger charge is 2.34. The van der Waals surface area contributed by atoms with Gasteiger partial charge in [0.25, 0.3) is 5.91 Å². The molecular formula is C32H26N4O2S2. The molecule has 2 amide bonds. The van der Waals surface area contributed by atoms with Crippen LogP contribution in [0.25, 0.3) is 6.08 Å². The molecule has 40 heavy (non-hydrogen) atoms. The van der Waals surface area contributed by atoms with Crippen molar-refractivity contribution in [3.05, 3.63) is 114 Å². The van der Waals surface area contributed by atoms with Crippen LogP contribution < -0.4 is 14.7 Å². The van der Waals surface area contributed by atoms with Crippen LogP contribution in [0.15, 0.2) is 124 Å². The Hall–Kier alpha value is -4.27. The first-order valence-electron chi connectivity index (χ1n) is 12.8. The number of para-hydroxylation sites is 3. The zero-order valence-corrected chi connectivity index (χ0v) is 23.7. The van der Waals surface area contributed by atoms with E-state index in [0.29, 0.717) is 16.6 Å². The van der Waals surface area contributed by atoms with Gasteiger partial charge in [-0.1, -0.05) is 78.1 Å². The number of hydrogen-bond donors (Lipinski definition) is 0.